The van der Waals surface area contributed by atoms with Crippen LogP contribution in [0.2, 0.25) is 0 Å². The van der Waals surface area contributed by atoms with E-state index >= 15 is 0 Å². The lowest BCUT2D eigenvalue weighted by Crippen LogP contribution is -2.44. The Kier molecular flexibility index (Phi) is 4.90. The third-order valence-electron chi connectivity index (χ3n) is 3.24. The highest BCUT2D eigenvalue weighted by atomic mass is 16.5. The molecule has 19 heavy (non-hydrogen) atoms. The number of carbonyl (C=O) groups is 1. The lowest BCUT2D eigenvalue weighted by atomic mass is 10.1. The molecule has 5 heteroatoms. The number of carboxylic acids is 1. The third kappa shape index (κ3) is 4.31. The van der Waals surface area contributed by atoms with Crippen molar-refractivity contribution < 1.29 is 14.6 Å². The average Bonchev–Trinajstić information content (AvgIpc) is 2.39. The molecule has 1 aliphatic heterocycles. The summed E-state index contributed by atoms with van der Waals surface area (Å²) < 4.78 is 5.65. The van der Waals surface area contributed by atoms with Gasteiger partial charge < -0.3 is 20.1 Å². The van der Waals surface area contributed by atoms with Gasteiger partial charge in [-0.2, -0.15) is 0 Å². The Morgan fingerprint density at radius 1 is 1.47 bits per heavy atom. The number of rotatable bonds is 5. The normalized spacial score (nSPS) is 20.4. The van der Waals surface area contributed by atoms with Gasteiger partial charge in [0.25, 0.3) is 0 Å². The Hall–Kier alpha value is -1.43. The fraction of sp³-hybridized carbons (Fsp3) is 0.500. The molecule has 5 nitrogen and oxygen atoms in total. The highest BCUT2D eigenvalue weighted by Gasteiger charge is 2.16. The average molecular weight is 264 g/mol. The van der Waals surface area contributed by atoms with Gasteiger partial charge in [-0.3, -0.25) is 0 Å². The predicted molar refractivity (Wildman–Crippen MR) is 72.3 cm³/mol. The first kappa shape index (κ1) is 14.0. The molecule has 1 aliphatic rings. The molecule has 104 valence electrons. The molecule has 1 unspecified atom stereocenters. The first-order valence-electron chi connectivity index (χ1n) is 6.48. The van der Waals surface area contributed by atoms with Gasteiger partial charge in [-0.15, -0.1) is 0 Å². The highest BCUT2D eigenvalue weighted by molar-refractivity contribution is 5.87. The van der Waals surface area contributed by atoms with Crippen molar-refractivity contribution in [3.05, 3.63) is 35.4 Å². The molecule has 1 aromatic carbocycles. The zero-order chi connectivity index (χ0) is 13.7. The zero-order valence-corrected chi connectivity index (χ0v) is 11.1. The molecular weight excluding hydrogens is 244 g/mol. The van der Waals surface area contributed by atoms with Gasteiger partial charge in [0.15, 0.2) is 0 Å². The largest absolute Gasteiger partial charge is 0.478 e. The molecule has 1 aromatic rings. The van der Waals surface area contributed by atoms with Gasteiger partial charge in [0.05, 0.1) is 18.3 Å². The number of morpholine rings is 1. The van der Waals surface area contributed by atoms with Gasteiger partial charge in [0, 0.05) is 26.2 Å². The Morgan fingerprint density at radius 3 is 2.84 bits per heavy atom. The Bertz CT molecular complexity index is 419. The van der Waals surface area contributed by atoms with E-state index in [1.165, 1.54) is 0 Å². The van der Waals surface area contributed by atoms with E-state index in [0.29, 0.717) is 5.56 Å². The molecule has 1 heterocycles. The van der Waals surface area contributed by atoms with Crippen molar-refractivity contribution >= 4 is 5.97 Å². The minimum absolute atomic E-state index is 0.233. The molecule has 0 bridgehead atoms. The van der Waals surface area contributed by atoms with Crippen LogP contribution in [0.5, 0.6) is 0 Å². The van der Waals surface area contributed by atoms with Crippen LogP contribution in [-0.2, 0) is 11.3 Å². The maximum atomic E-state index is 10.7. The predicted octanol–water partition coefficient (Wildman–Crippen LogP) is 0.805. The summed E-state index contributed by atoms with van der Waals surface area (Å²) in [5, 5.41) is 12.2. The first-order valence-corrected chi connectivity index (χ1v) is 6.48. The summed E-state index contributed by atoms with van der Waals surface area (Å²) in [5.41, 5.74) is 1.40. The van der Waals surface area contributed by atoms with Crippen molar-refractivity contribution in [3.8, 4) is 0 Å². The molecule has 1 saturated heterocycles. The van der Waals surface area contributed by atoms with E-state index in [4.69, 9.17) is 9.84 Å². The number of hydrogen-bond acceptors (Lipinski definition) is 4. The SMILES string of the molecule is CN1CCOC(CNCc2ccc(C(=O)O)cc2)C1. The van der Waals surface area contributed by atoms with Crippen molar-refractivity contribution in [2.75, 3.05) is 33.3 Å². The van der Waals surface area contributed by atoms with Crippen LogP contribution in [0.4, 0.5) is 0 Å². The van der Waals surface area contributed by atoms with Crippen molar-refractivity contribution in [3.63, 3.8) is 0 Å². The molecule has 0 spiro atoms. The molecular formula is C14H20N2O3. The summed E-state index contributed by atoms with van der Waals surface area (Å²) in [6, 6.07) is 6.93. The summed E-state index contributed by atoms with van der Waals surface area (Å²) in [6.07, 6.45) is 0.233. The molecule has 1 fully saturated rings. The lowest BCUT2D eigenvalue weighted by Gasteiger charge is -2.30. The van der Waals surface area contributed by atoms with E-state index in [9.17, 15) is 4.79 Å². The molecule has 2 N–H and O–H groups in total. The number of ether oxygens (including phenoxy) is 1. The molecule has 0 radical (unpaired) electrons. The lowest BCUT2D eigenvalue weighted by molar-refractivity contribution is -0.0182. The minimum atomic E-state index is -0.891. The second-order valence-corrected chi connectivity index (χ2v) is 4.89. The highest BCUT2D eigenvalue weighted by Crippen LogP contribution is 2.05. The van der Waals surface area contributed by atoms with E-state index in [-0.39, 0.29) is 6.10 Å². The van der Waals surface area contributed by atoms with Gasteiger partial charge in [-0.25, -0.2) is 4.79 Å². The summed E-state index contributed by atoms with van der Waals surface area (Å²) >= 11 is 0. The van der Waals surface area contributed by atoms with Gasteiger partial charge >= 0.3 is 5.97 Å². The quantitative estimate of drug-likeness (QED) is 0.824. The van der Waals surface area contributed by atoms with Crippen LogP contribution in [0, 0.1) is 0 Å². The van der Waals surface area contributed by atoms with Crippen molar-refractivity contribution in [1.29, 1.82) is 0 Å². The Balaban J connectivity index is 1.74. The molecule has 0 aliphatic carbocycles. The van der Waals surface area contributed by atoms with Gasteiger partial charge in [0.2, 0.25) is 0 Å². The van der Waals surface area contributed by atoms with E-state index in [1.54, 1.807) is 12.1 Å². The van der Waals surface area contributed by atoms with Gasteiger partial charge in [0.1, 0.15) is 0 Å². The number of aromatic carboxylic acids is 1. The van der Waals surface area contributed by atoms with E-state index in [1.807, 2.05) is 12.1 Å². The number of hydrogen-bond donors (Lipinski definition) is 2. The monoisotopic (exact) mass is 264 g/mol. The van der Waals surface area contributed by atoms with E-state index in [2.05, 4.69) is 17.3 Å². The molecule has 0 amide bonds. The summed E-state index contributed by atoms with van der Waals surface area (Å²) in [5.74, 6) is -0.891. The van der Waals surface area contributed by atoms with Crippen molar-refractivity contribution in [2.24, 2.45) is 0 Å². The number of likely N-dealkylation sites (N-methyl/N-ethyl adjacent to an activating group) is 1. The second-order valence-electron chi connectivity index (χ2n) is 4.89. The van der Waals surface area contributed by atoms with Crippen LogP contribution in [0.15, 0.2) is 24.3 Å². The van der Waals surface area contributed by atoms with Crippen LogP contribution in [0.1, 0.15) is 15.9 Å². The van der Waals surface area contributed by atoms with Crippen LogP contribution >= 0.6 is 0 Å². The molecule has 0 saturated carbocycles. The standard InChI is InChI=1S/C14H20N2O3/c1-16-6-7-19-13(10-16)9-15-8-11-2-4-12(5-3-11)14(17)18/h2-5,13,15H,6-10H2,1H3,(H,17,18). The van der Waals surface area contributed by atoms with Gasteiger partial charge in [-0.05, 0) is 24.7 Å². The second kappa shape index (κ2) is 6.65. The molecule has 0 aromatic heterocycles. The maximum absolute atomic E-state index is 10.7. The third-order valence-corrected chi connectivity index (χ3v) is 3.24. The Labute approximate surface area is 113 Å². The fourth-order valence-electron chi connectivity index (χ4n) is 2.13. The first-order chi connectivity index (χ1) is 9.15. The van der Waals surface area contributed by atoms with Crippen LogP contribution in [0.3, 0.4) is 0 Å². The number of nitrogens with zero attached hydrogens (tertiary/aromatic N) is 1. The Morgan fingerprint density at radius 2 is 2.21 bits per heavy atom. The summed E-state index contributed by atoms with van der Waals surface area (Å²) in [6.45, 7) is 4.27. The smallest absolute Gasteiger partial charge is 0.335 e. The number of carboxylic acid groups (broad SMARTS) is 1. The maximum Gasteiger partial charge on any atom is 0.335 e. The van der Waals surface area contributed by atoms with E-state index in [0.717, 1.165) is 38.3 Å². The topological polar surface area (TPSA) is 61.8 Å². The number of benzene rings is 1. The van der Waals surface area contributed by atoms with Crippen molar-refractivity contribution in [1.82, 2.24) is 10.2 Å². The van der Waals surface area contributed by atoms with Crippen LogP contribution in [-0.4, -0.2) is 55.4 Å². The molecule has 2 rings (SSSR count). The summed E-state index contributed by atoms with van der Waals surface area (Å²) in [4.78, 5) is 13.0. The van der Waals surface area contributed by atoms with Crippen molar-refractivity contribution in [2.45, 2.75) is 12.6 Å². The zero-order valence-electron chi connectivity index (χ0n) is 11.1. The molecule has 1 atom stereocenters. The fourth-order valence-corrected chi connectivity index (χ4v) is 2.13. The van der Waals surface area contributed by atoms with Crippen LogP contribution in [0.25, 0.3) is 0 Å². The van der Waals surface area contributed by atoms with Crippen LogP contribution < -0.4 is 5.32 Å². The minimum Gasteiger partial charge on any atom is -0.478 e. The van der Waals surface area contributed by atoms with E-state index < -0.39 is 5.97 Å². The number of nitrogens with one attached hydrogen (secondary N) is 1. The summed E-state index contributed by atoms with van der Waals surface area (Å²) in [7, 11) is 2.10. The van der Waals surface area contributed by atoms with Gasteiger partial charge in [-0.1, -0.05) is 12.1 Å².